The van der Waals surface area contributed by atoms with Gasteiger partial charge in [-0.2, -0.15) is 0 Å². The first-order chi connectivity index (χ1) is 5.70. The van der Waals surface area contributed by atoms with Crippen molar-refractivity contribution in [3.05, 3.63) is 24.4 Å². The quantitative estimate of drug-likeness (QED) is 0.567. The van der Waals surface area contributed by atoms with Crippen LogP contribution in [-0.4, -0.2) is 41.4 Å². The van der Waals surface area contributed by atoms with Crippen molar-refractivity contribution in [2.75, 3.05) is 26.3 Å². The Morgan fingerprint density at radius 3 is 2.17 bits per heavy atom. The van der Waals surface area contributed by atoms with Gasteiger partial charge in [0.25, 0.3) is 0 Å². The van der Waals surface area contributed by atoms with Crippen molar-refractivity contribution in [3.8, 4) is 0 Å². The zero-order valence-corrected chi connectivity index (χ0v) is 7.53. The minimum atomic E-state index is 0.0977. The molecule has 0 amide bonds. The Hall–Kier alpha value is -0.800. The molecule has 0 radical (unpaired) electrons. The highest BCUT2D eigenvalue weighted by Gasteiger charge is 1.95. The lowest BCUT2D eigenvalue weighted by atomic mass is 10.3. The van der Waals surface area contributed by atoms with Crippen molar-refractivity contribution >= 4 is 0 Å². The summed E-state index contributed by atoms with van der Waals surface area (Å²) in [4.78, 5) is 1.84. The van der Waals surface area contributed by atoms with Crippen LogP contribution < -0.4 is 0 Å². The van der Waals surface area contributed by atoms with Crippen molar-refractivity contribution in [2.24, 2.45) is 0 Å². The fraction of sp³-hybridized carbons (Fsp3) is 0.556. The maximum Gasteiger partial charge on any atom is 0.0606 e. The lowest BCUT2D eigenvalue weighted by molar-refractivity contribution is 0.199. The van der Waals surface area contributed by atoms with Crippen LogP contribution in [0.5, 0.6) is 0 Å². The third-order valence-corrected chi connectivity index (χ3v) is 1.34. The van der Waals surface area contributed by atoms with Crippen LogP contribution in [0.4, 0.5) is 0 Å². The summed E-state index contributed by atoms with van der Waals surface area (Å²) in [6.07, 6.45) is 3.68. The van der Waals surface area contributed by atoms with E-state index < -0.39 is 0 Å². The summed E-state index contributed by atoms with van der Waals surface area (Å²) in [5.41, 5.74) is 0.955. The smallest absolute Gasteiger partial charge is 0.0606 e. The van der Waals surface area contributed by atoms with E-state index in [-0.39, 0.29) is 13.2 Å². The van der Waals surface area contributed by atoms with E-state index in [1.165, 1.54) is 0 Å². The molecule has 0 aliphatic heterocycles. The maximum absolute atomic E-state index is 8.65. The molecular formula is C9H17NO2. The van der Waals surface area contributed by atoms with E-state index in [0.717, 1.165) is 5.57 Å². The average molecular weight is 171 g/mol. The molecule has 0 aromatic rings. The summed E-state index contributed by atoms with van der Waals surface area (Å²) < 4.78 is 0. The molecule has 70 valence electrons. The molecule has 0 bridgehead atoms. The average Bonchev–Trinajstić information content (AvgIpc) is 2.01. The summed E-state index contributed by atoms with van der Waals surface area (Å²) in [6, 6.07) is 0. The van der Waals surface area contributed by atoms with E-state index in [9.17, 15) is 0 Å². The number of aliphatic hydroxyl groups excluding tert-OH is 2. The van der Waals surface area contributed by atoms with E-state index >= 15 is 0 Å². The highest BCUT2D eigenvalue weighted by molar-refractivity contribution is 5.10. The van der Waals surface area contributed by atoms with Gasteiger partial charge < -0.3 is 15.1 Å². The normalized spacial score (nSPS) is 10.6. The van der Waals surface area contributed by atoms with E-state index in [2.05, 4.69) is 6.58 Å². The molecule has 3 heteroatoms. The van der Waals surface area contributed by atoms with Gasteiger partial charge in [-0.15, -0.1) is 0 Å². The van der Waals surface area contributed by atoms with Crippen LogP contribution >= 0.6 is 0 Å². The molecule has 0 aromatic carbocycles. The third kappa shape index (κ3) is 5.95. The van der Waals surface area contributed by atoms with Gasteiger partial charge >= 0.3 is 0 Å². The molecule has 0 heterocycles. The van der Waals surface area contributed by atoms with Gasteiger partial charge in [0, 0.05) is 13.1 Å². The topological polar surface area (TPSA) is 43.7 Å². The van der Waals surface area contributed by atoms with Crippen molar-refractivity contribution < 1.29 is 10.2 Å². The summed E-state index contributed by atoms with van der Waals surface area (Å²) >= 11 is 0. The second-order valence-corrected chi connectivity index (χ2v) is 2.65. The lowest BCUT2D eigenvalue weighted by Crippen LogP contribution is -2.24. The molecule has 12 heavy (non-hydrogen) atoms. The first-order valence-electron chi connectivity index (χ1n) is 4.00. The fourth-order valence-electron chi connectivity index (χ4n) is 0.750. The Morgan fingerprint density at radius 1 is 1.33 bits per heavy atom. The minimum Gasteiger partial charge on any atom is -0.395 e. The monoisotopic (exact) mass is 171 g/mol. The maximum atomic E-state index is 8.65. The van der Waals surface area contributed by atoms with E-state index in [1.54, 1.807) is 0 Å². The molecule has 0 aliphatic carbocycles. The molecule has 0 aliphatic rings. The Bertz CT molecular complexity index is 149. The molecule has 0 unspecified atom stereocenters. The van der Waals surface area contributed by atoms with Crippen LogP contribution in [-0.2, 0) is 0 Å². The molecule has 0 fully saturated rings. The van der Waals surface area contributed by atoms with Gasteiger partial charge in [-0.3, -0.25) is 0 Å². The second-order valence-electron chi connectivity index (χ2n) is 2.65. The van der Waals surface area contributed by atoms with Gasteiger partial charge in [-0.25, -0.2) is 0 Å². The van der Waals surface area contributed by atoms with Gasteiger partial charge in [0.1, 0.15) is 0 Å². The van der Waals surface area contributed by atoms with Crippen LogP contribution in [0.2, 0.25) is 0 Å². The van der Waals surface area contributed by atoms with Crippen LogP contribution in [0.1, 0.15) is 6.92 Å². The number of hydrogen-bond donors (Lipinski definition) is 2. The number of allylic oxidation sites excluding steroid dienone is 2. The van der Waals surface area contributed by atoms with Crippen molar-refractivity contribution in [1.82, 2.24) is 4.90 Å². The Labute approximate surface area is 73.6 Å². The summed E-state index contributed by atoms with van der Waals surface area (Å²) in [5.74, 6) is 0. The van der Waals surface area contributed by atoms with Crippen molar-refractivity contribution in [2.45, 2.75) is 6.92 Å². The van der Waals surface area contributed by atoms with Gasteiger partial charge in [0.05, 0.1) is 13.2 Å². The zero-order chi connectivity index (χ0) is 9.40. The minimum absolute atomic E-state index is 0.0977. The summed E-state index contributed by atoms with van der Waals surface area (Å²) in [7, 11) is 0. The van der Waals surface area contributed by atoms with Gasteiger partial charge in [-0.1, -0.05) is 12.2 Å². The first kappa shape index (κ1) is 11.2. The molecular weight excluding hydrogens is 154 g/mol. The molecule has 0 spiro atoms. The van der Waals surface area contributed by atoms with Crippen LogP contribution in [0, 0.1) is 0 Å². The Morgan fingerprint density at radius 2 is 1.83 bits per heavy atom. The van der Waals surface area contributed by atoms with Gasteiger partial charge in [0.15, 0.2) is 0 Å². The van der Waals surface area contributed by atoms with E-state index in [0.29, 0.717) is 13.1 Å². The fourth-order valence-corrected chi connectivity index (χ4v) is 0.750. The Kier molecular flexibility index (Phi) is 6.42. The number of rotatable bonds is 6. The van der Waals surface area contributed by atoms with Crippen molar-refractivity contribution in [1.29, 1.82) is 0 Å². The van der Waals surface area contributed by atoms with Gasteiger partial charge in [-0.05, 0) is 19.2 Å². The number of nitrogens with zero attached hydrogens (tertiary/aromatic N) is 1. The van der Waals surface area contributed by atoms with E-state index in [4.69, 9.17) is 10.2 Å². The van der Waals surface area contributed by atoms with Crippen LogP contribution in [0.3, 0.4) is 0 Å². The zero-order valence-electron chi connectivity index (χ0n) is 7.53. The van der Waals surface area contributed by atoms with Crippen molar-refractivity contribution in [3.63, 3.8) is 0 Å². The molecule has 3 nitrogen and oxygen atoms in total. The Balaban J connectivity index is 3.84. The van der Waals surface area contributed by atoms with Gasteiger partial charge in [0.2, 0.25) is 0 Å². The highest BCUT2D eigenvalue weighted by atomic mass is 16.3. The molecule has 0 aromatic heterocycles. The molecule has 0 saturated heterocycles. The summed E-state index contributed by atoms with van der Waals surface area (Å²) in [5, 5.41) is 17.3. The third-order valence-electron chi connectivity index (χ3n) is 1.34. The predicted molar refractivity (Wildman–Crippen MR) is 49.7 cm³/mol. The molecule has 0 saturated carbocycles. The van der Waals surface area contributed by atoms with E-state index in [1.807, 2.05) is 24.1 Å². The largest absolute Gasteiger partial charge is 0.395 e. The van der Waals surface area contributed by atoms with Crippen LogP contribution in [0.25, 0.3) is 0 Å². The lowest BCUT2D eigenvalue weighted by Gasteiger charge is -2.17. The predicted octanol–water partition coefficient (Wildman–Crippen LogP) is 0.363. The SMILES string of the molecule is C=C(C)/C=C/N(CCO)CCO. The first-order valence-corrected chi connectivity index (χ1v) is 4.00. The standard InChI is InChI=1S/C9H17NO2/c1-9(2)3-4-10(5-7-11)6-8-12/h3-4,11-12H,1,5-8H2,2H3/b4-3+. The molecule has 0 rings (SSSR count). The number of hydrogen-bond acceptors (Lipinski definition) is 3. The number of aliphatic hydroxyl groups is 2. The molecule has 0 atom stereocenters. The highest BCUT2D eigenvalue weighted by Crippen LogP contribution is 1.93. The second kappa shape index (κ2) is 6.88. The summed E-state index contributed by atoms with van der Waals surface area (Å²) in [6.45, 7) is 6.89. The van der Waals surface area contributed by atoms with Crippen LogP contribution in [0.15, 0.2) is 24.4 Å². The molecule has 2 N–H and O–H groups in total.